The number of nitrogens with one attached hydrogen (secondary N) is 2. The summed E-state index contributed by atoms with van der Waals surface area (Å²) in [7, 11) is 0. The molecule has 198 valence electrons. The summed E-state index contributed by atoms with van der Waals surface area (Å²) in [4.78, 5) is 33.5. The number of likely N-dealkylation sites (tertiary alicyclic amines) is 1. The SMILES string of the molecule is CC(C)NC(=O)c1nc(C2CCN(C(=O)c3ccc(C#N)cc3)CC2)sc1-c1cn[nH]c1-c1ccc(F)cc1. The number of nitrogens with zero attached hydrogens (tertiary/aromatic N) is 4. The number of hydrogen-bond acceptors (Lipinski definition) is 6. The number of amides is 2. The number of halogens is 1. The number of rotatable bonds is 6. The van der Waals surface area contributed by atoms with Crippen molar-refractivity contribution in [2.45, 2.75) is 38.6 Å². The van der Waals surface area contributed by atoms with E-state index in [2.05, 4.69) is 21.6 Å². The van der Waals surface area contributed by atoms with Gasteiger partial charge in [-0.05, 0) is 75.2 Å². The number of H-pyrrole nitrogens is 1. The third-order valence-electron chi connectivity index (χ3n) is 6.69. The molecule has 5 rings (SSSR count). The number of hydrogen-bond donors (Lipinski definition) is 2. The molecule has 2 N–H and O–H groups in total. The molecule has 4 aromatic rings. The minimum Gasteiger partial charge on any atom is -0.348 e. The van der Waals surface area contributed by atoms with E-state index < -0.39 is 0 Å². The van der Waals surface area contributed by atoms with E-state index >= 15 is 0 Å². The average Bonchev–Trinajstić information content (AvgIpc) is 3.61. The van der Waals surface area contributed by atoms with E-state index in [1.54, 1.807) is 42.6 Å². The summed E-state index contributed by atoms with van der Waals surface area (Å²) in [6.07, 6.45) is 3.10. The second kappa shape index (κ2) is 11.2. The van der Waals surface area contributed by atoms with Crippen molar-refractivity contribution in [1.29, 1.82) is 5.26 Å². The van der Waals surface area contributed by atoms with Gasteiger partial charge in [0.15, 0.2) is 0 Å². The molecule has 0 bridgehead atoms. The minimum absolute atomic E-state index is 0.0582. The Bertz CT molecular complexity index is 1530. The van der Waals surface area contributed by atoms with Crippen LogP contribution >= 0.6 is 11.3 Å². The van der Waals surface area contributed by atoms with Crippen molar-refractivity contribution < 1.29 is 14.0 Å². The van der Waals surface area contributed by atoms with Gasteiger partial charge in [-0.3, -0.25) is 14.7 Å². The fourth-order valence-corrected chi connectivity index (χ4v) is 5.92. The van der Waals surface area contributed by atoms with Crippen LogP contribution in [0.5, 0.6) is 0 Å². The van der Waals surface area contributed by atoms with E-state index in [0.717, 1.165) is 29.0 Å². The van der Waals surface area contributed by atoms with Crippen LogP contribution in [0.1, 0.15) is 64.0 Å². The van der Waals surface area contributed by atoms with Crippen LogP contribution in [-0.2, 0) is 0 Å². The summed E-state index contributed by atoms with van der Waals surface area (Å²) in [5.41, 5.74) is 3.58. The van der Waals surface area contributed by atoms with Gasteiger partial charge in [-0.25, -0.2) is 9.37 Å². The second-order valence-electron chi connectivity index (χ2n) is 9.78. The fraction of sp³-hybridized carbons (Fsp3) is 0.276. The lowest BCUT2D eigenvalue weighted by molar-refractivity contribution is 0.0713. The molecule has 0 radical (unpaired) electrons. The van der Waals surface area contributed by atoms with Gasteiger partial charge in [0, 0.05) is 41.7 Å². The number of benzene rings is 2. The molecule has 1 aliphatic rings. The molecule has 39 heavy (non-hydrogen) atoms. The van der Waals surface area contributed by atoms with Gasteiger partial charge in [0.1, 0.15) is 11.5 Å². The van der Waals surface area contributed by atoms with Crippen LogP contribution in [0.4, 0.5) is 4.39 Å². The van der Waals surface area contributed by atoms with Crippen molar-refractivity contribution in [3.8, 4) is 27.8 Å². The number of aromatic amines is 1. The van der Waals surface area contributed by atoms with Gasteiger partial charge < -0.3 is 10.2 Å². The van der Waals surface area contributed by atoms with E-state index in [-0.39, 0.29) is 29.6 Å². The van der Waals surface area contributed by atoms with Gasteiger partial charge in [0.25, 0.3) is 11.8 Å². The molecule has 1 saturated heterocycles. The molecule has 3 heterocycles. The van der Waals surface area contributed by atoms with Crippen LogP contribution in [0.25, 0.3) is 21.7 Å². The summed E-state index contributed by atoms with van der Waals surface area (Å²) >= 11 is 1.46. The highest BCUT2D eigenvalue weighted by atomic mass is 32.1. The zero-order valence-electron chi connectivity index (χ0n) is 21.6. The lowest BCUT2D eigenvalue weighted by atomic mass is 9.97. The maximum atomic E-state index is 13.5. The van der Waals surface area contributed by atoms with Gasteiger partial charge >= 0.3 is 0 Å². The summed E-state index contributed by atoms with van der Waals surface area (Å²) in [6.45, 7) is 4.93. The molecule has 10 heteroatoms. The Labute approximate surface area is 229 Å². The molecule has 1 fully saturated rings. The molecule has 8 nitrogen and oxygen atoms in total. The van der Waals surface area contributed by atoms with Crippen molar-refractivity contribution in [2.24, 2.45) is 0 Å². The molecular weight excluding hydrogens is 515 g/mol. The van der Waals surface area contributed by atoms with Crippen LogP contribution < -0.4 is 5.32 Å². The zero-order valence-corrected chi connectivity index (χ0v) is 22.4. The first-order valence-corrected chi connectivity index (χ1v) is 13.6. The van der Waals surface area contributed by atoms with Crippen LogP contribution in [0.3, 0.4) is 0 Å². The monoisotopic (exact) mass is 542 g/mol. The highest BCUT2D eigenvalue weighted by Crippen LogP contribution is 2.40. The van der Waals surface area contributed by atoms with Gasteiger partial charge in [0.05, 0.1) is 33.4 Å². The minimum atomic E-state index is -0.333. The van der Waals surface area contributed by atoms with Crippen LogP contribution in [0.15, 0.2) is 54.7 Å². The largest absolute Gasteiger partial charge is 0.348 e. The van der Waals surface area contributed by atoms with Gasteiger partial charge in [-0.1, -0.05) is 0 Å². The number of nitriles is 1. The molecule has 0 spiro atoms. The molecule has 0 unspecified atom stereocenters. The predicted molar refractivity (Wildman–Crippen MR) is 147 cm³/mol. The maximum absolute atomic E-state index is 13.5. The lowest BCUT2D eigenvalue weighted by Gasteiger charge is -2.31. The number of piperidine rings is 1. The van der Waals surface area contributed by atoms with Crippen molar-refractivity contribution >= 4 is 23.2 Å². The zero-order chi connectivity index (χ0) is 27.5. The maximum Gasteiger partial charge on any atom is 0.271 e. The summed E-state index contributed by atoms with van der Waals surface area (Å²) in [5.74, 6) is -0.555. The summed E-state index contributed by atoms with van der Waals surface area (Å²) in [6, 6.07) is 14.8. The van der Waals surface area contributed by atoms with Crippen molar-refractivity contribution in [3.05, 3.63) is 82.4 Å². The van der Waals surface area contributed by atoms with Crippen molar-refractivity contribution in [2.75, 3.05) is 13.1 Å². The summed E-state index contributed by atoms with van der Waals surface area (Å²) in [5, 5.41) is 20.0. The van der Waals surface area contributed by atoms with E-state index in [4.69, 9.17) is 10.2 Å². The first-order valence-electron chi connectivity index (χ1n) is 12.7. The molecular formula is C29H27FN6O2S. The van der Waals surface area contributed by atoms with Crippen LogP contribution in [0, 0.1) is 17.1 Å². The Morgan fingerprint density at radius 1 is 1.13 bits per heavy atom. The van der Waals surface area contributed by atoms with Crippen LogP contribution in [0.2, 0.25) is 0 Å². The smallest absolute Gasteiger partial charge is 0.271 e. The Morgan fingerprint density at radius 2 is 1.82 bits per heavy atom. The standard InChI is InChI=1S/C29H27FN6O2S/c1-17(2)33-27(37)25-26(23-16-32-35-24(23)19-7-9-22(30)10-8-19)39-28(34-25)20-11-13-36(14-12-20)29(38)21-5-3-18(15-31)4-6-21/h3-10,16-17,20H,11-14H2,1-2H3,(H,32,35)(H,33,37). The third-order valence-corrected chi connectivity index (χ3v) is 7.94. The van der Waals surface area contributed by atoms with E-state index in [1.165, 1.54) is 23.5 Å². The molecule has 0 saturated carbocycles. The Kier molecular flexibility index (Phi) is 7.52. The molecule has 2 amide bonds. The van der Waals surface area contributed by atoms with E-state index in [9.17, 15) is 14.0 Å². The first-order chi connectivity index (χ1) is 18.8. The molecule has 2 aromatic carbocycles. The van der Waals surface area contributed by atoms with Crippen molar-refractivity contribution in [1.82, 2.24) is 25.4 Å². The van der Waals surface area contributed by atoms with Gasteiger partial charge in [-0.2, -0.15) is 10.4 Å². The first kappa shape index (κ1) is 26.3. The number of thiazole rings is 1. The lowest BCUT2D eigenvalue weighted by Crippen LogP contribution is -2.38. The predicted octanol–water partition coefficient (Wildman–Crippen LogP) is 5.37. The summed E-state index contributed by atoms with van der Waals surface area (Å²) < 4.78 is 13.5. The third kappa shape index (κ3) is 5.59. The number of carbonyl (C=O) groups is 2. The van der Waals surface area contributed by atoms with E-state index in [0.29, 0.717) is 40.5 Å². The second-order valence-corrected chi connectivity index (χ2v) is 10.8. The average molecular weight is 543 g/mol. The molecule has 0 aliphatic carbocycles. The Hall–Kier alpha value is -4.36. The molecule has 1 aliphatic heterocycles. The fourth-order valence-electron chi connectivity index (χ4n) is 4.67. The van der Waals surface area contributed by atoms with Gasteiger partial charge in [0.2, 0.25) is 0 Å². The highest BCUT2D eigenvalue weighted by Gasteiger charge is 2.30. The quantitative estimate of drug-likeness (QED) is 0.340. The van der Waals surface area contributed by atoms with Crippen molar-refractivity contribution in [3.63, 3.8) is 0 Å². The van der Waals surface area contributed by atoms with E-state index in [1.807, 2.05) is 18.7 Å². The normalized spacial score (nSPS) is 13.9. The highest BCUT2D eigenvalue weighted by molar-refractivity contribution is 7.15. The number of aromatic nitrogens is 3. The Balaban J connectivity index is 1.40. The number of carbonyl (C=O) groups excluding carboxylic acids is 2. The van der Waals surface area contributed by atoms with Crippen LogP contribution in [-0.4, -0.2) is 51.0 Å². The molecule has 0 atom stereocenters. The molecule has 2 aromatic heterocycles. The Morgan fingerprint density at radius 3 is 2.46 bits per heavy atom. The van der Waals surface area contributed by atoms with Gasteiger partial charge in [-0.15, -0.1) is 11.3 Å². The topological polar surface area (TPSA) is 115 Å².